The zero-order valence-corrected chi connectivity index (χ0v) is 16.3. The molecule has 0 aliphatic rings. The smallest absolute Gasteiger partial charge is 0.337 e. The monoisotopic (exact) mass is 412 g/mol. The number of hydrogen-bond acceptors (Lipinski definition) is 6. The number of rotatable bonds is 6. The molecule has 144 valence electrons. The van der Waals surface area contributed by atoms with Crippen LogP contribution in [0.25, 0.3) is 0 Å². The number of methoxy groups -OCH3 is 2. The summed E-state index contributed by atoms with van der Waals surface area (Å²) in [5.41, 5.74) is 0.340. The van der Waals surface area contributed by atoms with E-state index in [1.807, 2.05) is 0 Å². The van der Waals surface area contributed by atoms with E-state index in [0.29, 0.717) is 5.75 Å². The van der Waals surface area contributed by atoms with Crippen LogP contribution in [0.2, 0.25) is 5.02 Å². The molecule has 0 atom stereocenters. The van der Waals surface area contributed by atoms with Crippen LogP contribution in [0.1, 0.15) is 17.3 Å². The number of carbonyl (C=O) groups is 2. The van der Waals surface area contributed by atoms with Crippen LogP contribution in [0.4, 0.5) is 11.4 Å². The summed E-state index contributed by atoms with van der Waals surface area (Å²) < 4.78 is 37.4. The molecule has 0 aromatic heterocycles. The van der Waals surface area contributed by atoms with Gasteiger partial charge in [0.2, 0.25) is 5.91 Å². The van der Waals surface area contributed by atoms with Crippen molar-refractivity contribution in [3.8, 4) is 5.75 Å². The first-order valence-corrected chi connectivity index (χ1v) is 9.40. The van der Waals surface area contributed by atoms with E-state index in [-0.39, 0.29) is 32.8 Å². The van der Waals surface area contributed by atoms with Crippen LogP contribution >= 0.6 is 11.6 Å². The number of sulfonamides is 1. The minimum absolute atomic E-state index is 0.0106. The van der Waals surface area contributed by atoms with Gasteiger partial charge in [-0.2, -0.15) is 0 Å². The van der Waals surface area contributed by atoms with E-state index in [9.17, 15) is 18.0 Å². The fourth-order valence-electron chi connectivity index (χ4n) is 2.19. The molecule has 2 rings (SSSR count). The maximum Gasteiger partial charge on any atom is 0.337 e. The minimum atomic E-state index is -4.06. The van der Waals surface area contributed by atoms with E-state index in [4.69, 9.17) is 16.3 Å². The Balaban J connectivity index is 2.42. The van der Waals surface area contributed by atoms with E-state index >= 15 is 0 Å². The summed E-state index contributed by atoms with van der Waals surface area (Å²) in [6.07, 6.45) is 0. The molecular weight excluding hydrogens is 396 g/mol. The SMILES string of the molecule is COC(=O)c1ccc(Cl)c(NS(=O)(=O)c2ccc(OC)c(NC(C)=O)c2)c1. The first kappa shape index (κ1) is 20.5. The summed E-state index contributed by atoms with van der Waals surface area (Å²) in [6, 6.07) is 8.03. The first-order chi connectivity index (χ1) is 12.7. The third kappa shape index (κ3) is 4.89. The van der Waals surface area contributed by atoms with Crippen LogP contribution in [0.3, 0.4) is 0 Å². The van der Waals surface area contributed by atoms with Gasteiger partial charge < -0.3 is 14.8 Å². The van der Waals surface area contributed by atoms with Crippen LogP contribution < -0.4 is 14.8 Å². The topological polar surface area (TPSA) is 111 Å². The summed E-state index contributed by atoms with van der Waals surface area (Å²) in [5, 5.41) is 2.60. The van der Waals surface area contributed by atoms with E-state index < -0.39 is 16.0 Å². The molecule has 2 aromatic carbocycles. The van der Waals surface area contributed by atoms with Gasteiger partial charge in [0.05, 0.1) is 41.1 Å². The highest BCUT2D eigenvalue weighted by Crippen LogP contribution is 2.30. The number of benzene rings is 2. The molecule has 0 saturated carbocycles. The minimum Gasteiger partial charge on any atom is -0.495 e. The third-order valence-corrected chi connectivity index (χ3v) is 5.12. The molecule has 0 bridgehead atoms. The van der Waals surface area contributed by atoms with Crippen molar-refractivity contribution in [2.24, 2.45) is 0 Å². The maximum absolute atomic E-state index is 12.7. The lowest BCUT2D eigenvalue weighted by Gasteiger charge is -2.14. The molecule has 2 N–H and O–H groups in total. The summed E-state index contributed by atoms with van der Waals surface area (Å²) in [4.78, 5) is 22.8. The quantitative estimate of drug-likeness (QED) is 0.706. The van der Waals surface area contributed by atoms with Gasteiger partial charge >= 0.3 is 5.97 Å². The van der Waals surface area contributed by atoms with Crippen molar-refractivity contribution >= 4 is 44.9 Å². The van der Waals surface area contributed by atoms with Gasteiger partial charge in [-0.15, -0.1) is 0 Å². The van der Waals surface area contributed by atoms with Crippen molar-refractivity contribution in [2.75, 3.05) is 24.3 Å². The van der Waals surface area contributed by atoms with Crippen molar-refractivity contribution in [1.29, 1.82) is 0 Å². The molecule has 27 heavy (non-hydrogen) atoms. The largest absolute Gasteiger partial charge is 0.495 e. The molecule has 8 nitrogen and oxygen atoms in total. The Morgan fingerprint density at radius 3 is 2.33 bits per heavy atom. The van der Waals surface area contributed by atoms with Crippen molar-refractivity contribution in [3.63, 3.8) is 0 Å². The molecule has 0 radical (unpaired) electrons. The zero-order chi connectivity index (χ0) is 20.2. The van der Waals surface area contributed by atoms with Gasteiger partial charge in [0, 0.05) is 6.92 Å². The van der Waals surface area contributed by atoms with Gasteiger partial charge in [-0.3, -0.25) is 9.52 Å². The van der Waals surface area contributed by atoms with E-state index in [2.05, 4.69) is 14.8 Å². The number of hydrogen-bond donors (Lipinski definition) is 2. The molecule has 2 aromatic rings. The van der Waals surface area contributed by atoms with Crippen LogP contribution in [-0.4, -0.2) is 34.5 Å². The van der Waals surface area contributed by atoms with Gasteiger partial charge in [0.25, 0.3) is 10.0 Å². The molecule has 10 heteroatoms. The number of nitrogens with one attached hydrogen (secondary N) is 2. The highest BCUT2D eigenvalue weighted by atomic mass is 35.5. The third-order valence-electron chi connectivity index (χ3n) is 3.42. The van der Waals surface area contributed by atoms with Crippen LogP contribution in [0.5, 0.6) is 5.75 Å². The van der Waals surface area contributed by atoms with Gasteiger partial charge in [0.15, 0.2) is 0 Å². The summed E-state index contributed by atoms with van der Waals surface area (Å²) in [7, 11) is -1.46. The second-order valence-electron chi connectivity index (χ2n) is 5.33. The van der Waals surface area contributed by atoms with Crippen LogP contribution in [0.15, 0.2) is 41.3 Å². The molecule has 0 unspecified atom stereocenters. The average Bonchev–Trinajstić information content (AvgIpc) is 2.62. The Kier molecular flexibility index (Phi) is 6.29. The molecule has 1 amide bonds. The second kappa shape index (κ2) is 8.28. The Bertz CT molecular complexity index is 991. The molecule has 0 heterocycles. The first-order valence-electron chi connectivity index (χ1n) is 7.54. The predicted octanol–water partition coefficient (Wildman–Crippen LogP) is 2.89. The number of anilines is 2. The molecule has 0 fully saturated rings. The lowest BCUT2D eigenvalue weighted by Crippen LogP contribution is -2.15. The van der Waals surface area contributed by atoms with Gasteiger partial charge in [-0.05, 0) is 36.4 Å². The van der Waals surface area contributed by atoms with E-state index in [1.165, 1.54) is 57.5 Å². The summed E-state index contributed by atoms with van der Waals surface area (Å²) >= 11 is 6.03. The predicted molar refractivity (Wildman–Crippen MR) is 101 cm³/mol. The molecule has 0 spiro atoms. The number of ether oxygens (including phenoxy) is 2. The Hall–Kier alpha value is -2.78. The highest BCUT2D eigenvalue weighted by molar-refractivity contribution is 7.92. The van der Waals surface area contributed by atoms with Crippen molar-refractivity contribution < 1.29 is 27.5 Å². The van der Waals surface area contributed by atoms with E-state index in [0.717, 1.165) is 0 Å². The van der Waals surface area contributed by atoms with Crippen LogP contribution in [0, 0.1) is 0 Å². The number of amides is 1. The molecular formula is C17H17ClN2O6S. The molecule has 0 aliphatic heterocycles. The maximum atomic E-state index is 12.7. The molecule has 0 aliphatic carbocycles. The second-order valence-corrected chi connectivity index (χ2v) is 7.42. The van der Waals surface area contributed by atoms with Gasteiger partial charge in [-0.1, -0.05) is 11.6 Å². The fraction of sp³-hybridized carbons (Fsp3) is 0.176. The lowest BCUT2D eigenvalue weighted by atomic mass is 10.2. The normalized spacial score (nSPS) is 10.8. The number of esters is 1. The van der Waals surface area contributed by atoms with Gasteiger partial charge in [0.1, 0.15) is 5.75 Å². The Morgan fingerprint density at radius 1 is 1.04 bits per heavy atom. The number of halogens is 1. The van der Waals surface area contributed by atoms with Crippen LogP contribution in [-0.2, 0) is 19.6 Å². The highest BCUT2D eigenvalue weighted by Gasteiger charge is 2.19. The van der Waals surface area contributed by atoms with Crippen molar-refractivity contribution in [2.45, 2.75) is 11.8 Å². The lowest BCUT2D eigenvalue weighted by molar-refractivity contribution is -0.114. The standard InChI is InChI=1S/C17H17ClN2O6S/c1-10(21)19-15-9-12(5-7-16(15)25-2)27(23,24)20-14-8-11(17(22)26-3)4-6-13(14)18/h4-9,20H,1-3H3,(H,19,21). The Labute approximate surface area is 161 Å². The van der Waals surface area contributed by atoms with E-state index in [1.54, 1.807) is 0 Å². The van der Waals surface area contributed by atoms with Crippen molar-refractivity contribution in [3.05, 3.63) is 47.0 Å². The zero-order valence-electron chi connectivity index (χ0n) is 14.7. The fourth-order valence-corrected chi connectivity index (χ4v) is 3.51. The number of carbonyl (C=O) groups excluding carboxylic acids is 2. The average molecular weight is 413 g/mol. The van der Waals surface area contributed by atoms with Gasteiger partial charge in [-0.25, -0.2) is 13.2 Å². The summed E-state index contributed by atoms with van der Waals surface area (Å²) in [6.45, 7) is 1.29. The molecule has 0 saturated heterocycles. The summed E-state index contributed by atoms with van der Waals surface area (Å²) in [5.74, 6) is -0.719. The van der Waals surface area contributed by atoms with Crippen molar-refractivity contribution in [1.82, 2.24) is 0 Å². The Morgan fingerprint density at radius 2 is 1.74 bits per heavy atom.